The Morgan fingerprint density at radius 3 is 2.77 bits per heavy atom. The molecule has 0 unspecified atom stereocenters. The molecule has 0 atom stereocenters. The minimum Gasteiger partial charge on any atom is -0.437 e. The highest BCUT2D eigenvalue weighted by Crippen LogP contribution is 2.27. The Labute approximate surface area is 179 Å². The van der Waals surface area contributed by atoms with Crippen molar-refractivity contribution >= 4 is 34.0 Å². The third-order valence-corrected chi connectivity index (χ3v) is 6.59. The molecule has 3 aromatic rings. The molecule has 0 spiro atoms. The maximum Gasteiger partial charge on any atom is 0.291 e. The number of hydrogen-bond donors (Lipinski definition) is 1. The number of halogens is 2. The topological polar surface area (TPSA) is 98.5 Å². The molecule has 1 fully saturated rings. The summed E-state index contributed by atoms with van der Waals surface area (Å²) in [5.41, 5.74) is -0.122. The van der Waals surface area contributed by atoms with Crippen molar-refractivity contribution in [1.82, 2.24) is 24.9 Å². The SMILES string of the molecule is Cc1c(Oc2ccc(Cl)cn2)cc(F)c2nc(C(=O)NC3(C)CCS(=O)CC3)nn12. The number of fused-ring (bicyclic) bond motifs is 1. The van der Waals surface area contributed by atoms with Gasteiger partial charge in [0.2, 0.25) is 11.7 Å². The van der Waals surface area contributed by atoms with Crippen LogP contribution in [-0.4, -0.2) is 46.7 Å². The monoisotopic (exact) mass is 451 g/mol. The number of rotatable bonds is 4. The Bertz CT molecular complexity index is 1140. The molecule has 1 saturated heterocycles. The zero-order chi connectivity index (χ0) is 21.5. The van der Waals surface area contributed by atoms with Gasteiger partial charge in [0, 0.05) is 46.2 Å². The van der Waals surface area contributed by atoms with E-state index in [4.69, 9.17) is 16.3 Å². The van der Waals surface area contributed by atoms with E-state index in [0.717, 1.165) is 0 Å². The first-order chi connectivity index (χ1) is 14.2. The number of nitrogens with zero attached hydrogens (tertiary/aromatic N) is 4. The Morgan fingerprint density at radius 2 is 2.10 bits per heavy atom. The summed E-state index contributed by atoms with van der Waals surface area (Å²) in [6, 6.07) is 4.34. The normalized spacial score (nSPS) is 21.5. The molecule has 1 N–H and O–H groups in total. The van der Waals surface area contributed by atoms with Crippen molar-refractivity contribution in [2.75, 3.05) is 11.5 Å². The predicted octanol–water partition coefficient (Wildman–Crippen LogP) is 3.05. The van der Waals surface area contributed by atoms with Crippen molar-refractivity contribution in [1.29, 1.82) is 0 Å². The van der Waals surface area contributed by atoms with Gasteiger partial charge >= 0.3 is 0 Å². The fourth-order valence-corrected chi connectivity index (χ4v) is 4.86. The third-order valence-electron chi connectivity index (χ3n) is 5.05. The molecule has 0 radical (unpaired) electrons. The van der Waals surface area contributed by atoms with Gasteiger partial charge in [0.05, 0.1) is 10.7 Å². The van der Waals surface area contributed by atoms with Crippen LogP contribution in [-0.2, 0) is 10.8 Å². The van der Waals surface area contributed by atoms with E-state index in [1.54, 1.807) is 19.1 Å². The molecule has 158 valence electrons. The number of nitrogens with one attached hydrogen (secondary N) is 1. The lowest BCUT2D eigenvalue weighted by atomic mass is 9.95. The van der Waals surface area contributed by atoms with Crippen LogP contribution in [0.5, 0.6) is 11.6 Å². The van der Waals surface area contributed by atoms with Crippen molar-refractivity contribution in [3.8, 4) is 11.6 Å². The number of carbonyl (C=O) groups is 1. The van der Waals surface area contributed by atoms with Gasteiger partial charge in [-0.1, -0.05) is 11.6 Å². The molecule has 0 aliphatic carbocycles. The van der Waals surface area contributed by atoms with Crippen LogP contribution >= 0.6 is 11.6 Å². The summed E-state index contributed by atoms with van der Waals surface area (Å²) in [7, 11) is -0.848. The Morgan fingerprint density at radius 1 is 1.37 bits per heavy atom. The first kappa shape index (κ1) is 20.7. The highest BCUT2D eigenvalue weighted by molar-refractivity contribution is 7.85. The lowest BCUT2D eigenvalue weighted by molar-refractivity contribution is 0.0890. The second kappa shape index (κ2) is 7.92. The maximum atomic E-state index is 14.6. The highest BCUT2D eigenvalue weighted by atomic mass is 35.5. The van der Waals surface area contributed by atoms with Gasteiger partial charge in [-0.15, -0.1) is 5.10 Å². The van der Waals surface area contributed by atoms with Gasteiger partial charge in [0.15, 0.2) is 17.2 Å². The Kier molecular flexibility index (Phi) is 5.46. The van der Waals surface area contributed by atoms with E-state index in [1.165, 1.54) is 16.8 Å². The molecule has 1 amide bonds. The van der Waals surface area contributed by atoms with Gasteiger partial charge in [-0.05, 0) is 32.8 Å². The molecule has 8 nitrogen and oxygen atoms in total. The van der Waals surface area contributed by atoms with E-state index >= 15 is 0 Å². The second-order valence-corrected chi connectivity index (χ2v) is 9.52. The molecule has 11 heteroatoms. The first-order valence-electron chi connectivity index (χ1n) is 9.27. The average molecular weight is 452 g/mol. The van der Waals surface area contributed by atoms with Gasteiger partial charge < -0.3 is 10.1 Å². The zero-order valence-corrected chi connectivity index (χ0v) is 17.9. The van der Waals surface area contributed by atoms with Crippen molar-refractivity contribution in [3.05, 3.63) is 46.8 Å². The quantitative estimate of drug-likeness (QED) is 0.654. The number of pyridine rings is 2. The fourth-order valence-electron chi connectivity index (χ4n) is 3.18. The number of aromatic nitrogens is 4. The smallest absolute Gasteiger partial charge is 0.291 e. The molecule has 1 aliphatic heterocycles. The molecule has 1 aliphatic rings. The summed E-state index contributed by atoms with van der Waals surface area (Å²) < 4.78 is 33.1. The van der Waals surface area contributed by atoms with Gasteiger partial charge in [0.25, 0.3) is 5.91 Å². The number of aryl methyl sites for hydroxylation is 1. The maximum absolute atomic E-state index is 14.6. The lowest BCUT2D eigenvalue weighted by Crippen LogP contribution is -2.50. The van der Waals surface area contributed by atoms with Crippen molar-refractivity contribution in [2.45, 2.75) is 32.2 Å². The molecule has 0 aromatic carbocycles. The average Bonchev–Trinajstić information content (AvgIpc) is 3.17. The molecule has 4 heterocycles. The number of hydrogen-bond acceptors (Lipinski definition) is 6. The summed E-state index contributed by atoms with van der Waals surface area (Å²) >= 11 is 5.82. The summed E-state index contributed by atoms with van der Waals surface area (Å²) in [4.78, 5) is 20.8. The Balaban J connectivity index is 1.61. The second-order valence-electron chi connectivity index (χ2n) is 7.39. The van der Waals surface area contributed by atoms with E-state index in [9.17, 15) is 13.4 Å². The van der Waals surface area contributed by atoms with Crippen LogP contribution in [0.2, 0.25) is 5.02 Å². The lowest BCUT2D eigenvalue weighted by Gasteiger charge is -2.33. The van der Waals surface area contributed by atoms with Crippen LogP contribution in [0.25, 0.3) is 5.65 Å². The Hall–Kier alpha value is -2.59. The zero-order valence-electron chi connectivity index (χ0n) is 16.3. The van der Waals surface area contributed by atoms with Crippen LogP contribution in [0.1, 0.15) is 36.1 Å². The van der Waals surface area contributed by atoms with Crippen LogP contribution in [0.15, 0.2) is 24.4 Å². The summed E-state index contributed by atoms with van der Waals surface area (Å²) in [5, 5.41) is 7.53. The number of amides is 1. The van der Waals surface area contributed by atoms with Crippen molar-refractivity contribution < 1.29 is 18.1 Å². The highest BCUT2D eigenvalue weighted by Gasteiger charge is 2.32. The van der Waals surface area contributed by atoms with E-state index < -0.39 is 28.1 Å². The van der Waals surface area contributed by atoms with Gasteiger partial charge in [0.1, 0.15) is 0 Å². The van der Waals surface area contributed by atoms with Gasteiger partial charge in [-0.25, -0.2) is 13.9 Å². The largest absolute Gasteiger partial charge is 0.437 e. The molecular weight excluding hydrogens is 433 g/mol. The third kappa shape index (κ3) is 4.15. The van der Waals surface area contributed by atoms with E-state index in [0.29, 0.717) is 35.1 Å². The van der Waals surface area contributed by atoms with Gasteiger partial charge in [-0.3, -0.25) is 9.00 Å². The minimum atomic E-state index is -0.848. The molecular formula is C19H19ClFN5O3S. The van der Waals surface area contributed by atoms with E-state index in [-0.39, 0.29) is 23.1 Å². The van der Waals surface area contributed by atoms with Crippen LogP contribution in [0, 0.1) is 12.7 Å². The molecule has 0 bridgehead atoms. The molecule has 4 rings (SSSR count). The van der Waals surface area contributed by atoms with Crippen LogP contribution < -0.4 is 10.1 Å². The molecule has 3 aromatic heterocycles. The van der Waals surface area contributed by atoms with E-state index in [1.807, 2.05) is 6.92 Å². The van der Waals surface area contributed by atoms with Crippen LogP contribution in [0.3, 0.4) is 0 Å². The van der Waals surface area contributed by atoms with Crippen LogP contribution in [0.4, 0.5) is 4.39 Å². The number of ether oxygens (including phenoxy) is 1. The summed E-state index contributed by atoms with van der Waals surface area (Å²) in [5.74, 6) is 0.150. The fraction of sp³-hybridized carbons (Fsp3) is 0.368. The standard InChI is InChI=1S/C19H19ClFN5O3S/c1-11-14(29-15-4-3-12(20)10-22-15)9-13(21)17-23-16(25-26(11)17)18(27)24-19(2)5-7-30(28)8-6-19/h3-4,9-10H,5-8H2,1-2H3,(H,24,27). The molecule has 0 saturated carbocycles. The predicted molar refractivity (Wildman–Crippen MR) is 110 cm³/mol. The van der Waals surface area contributed by atoms with Gasteiger partial charge in [-0.2, -0.15) is 4.98 Å². The summed E-state index contributed by atoms with van der Waals surface area (Å²) in [6.07, 6.45) is 2.61. The molecule has 30 heavy (non-hydrogen) atoms. The van der Waals surface area contributed by atoms with E-state index in [2.05, 4.69) is 20.4 Å². The number of carbonyl (C=O) groups excluding carboxylic acids is 1. The van der Waals surface area contributed by atoms with Crippen molar-refractivity contribution in [3.63, 3.8) is 0 Å². The summed E-state index contributed by atoms with van der Waals surface area (Å²) in [6.45, 7) is 3.57. The van der Waals surface area contributed by atoms with Crippen molar-refractivity contribution in [2.24, 2.45) is 0 Å². The first-order valence-corrected chi connectivity index (χ1v) is 11.1. The minimum absolute atomic E-state index is 0.0797.